The quantitative estimate of drug-likeness (QED) is 0.0118. The van der Waals surface area contributed by atoms with Crippen LogP contribution in [0.5, 0.6) is 11.5 Å². The number of nitrogens with zero attached hydrogens (tertiary/aromatic N) is 2. The van der Waals surface area contributed by atoms with E-state index < -0.39 is 84.7 Å². The van der Waals surface area contributed by atoms with Gasteiger partial charge in [-0.15, -0.1) is 24.7 Å². The molecule has 0 radical (unpaired) electrons. The Balaban J connectivity index is 0.000000391. The van der Waals surface area contributed by atoms with Crippen molar-refractivity contribution in [1.82, 2.24) is 31.1 Å². The van der Waals surface area contributed by atoms with E-state index in [0.717, 1.165) is 63.2 Å². The van der Waals surface area contributed by atoms with Gasteiger partial charge in [0, 0.05) is 74.3 Å². The second-order valence-electron chi connectivity index (χ2n) is 27.7. The molecular weight excluding hydrogens is 1410 g/mol. The van der Waals surface area contributed by atoms with E-state index in [1.54, 1.807) is 42.5 Å². The lowest BCUT2D eigenvalue weighted by Crippen LogP contribution is -2.49. The monoisotopic (exact) mass is 1530 g/mol. The lowest BCUT2D eigenvalue weighted by atomic mass is 9.86. The number of benzene rings is 4. The topological polar surface area (TPSA) is 275 Å². The molecule has 21 heteroatoms. The minimum atomic E-state index is -1.13. The van der Waals surface area contributed by atoms with Crippen molar-refractivity contribution in [3.63, 3.8) is 0 Å². The number of terminal acetylenes is 2. The third-order valence-electron chi connectivity index (χ3n) is 20.3. The summed E-state index contributed by atoms with van der Waals surface area (Å²) >= 11 is 2.84. The molecule has 0 saturated heterocycles. The third kappa shape index (κ3) is 30.4. The van der Waals surface area contributed by atoms with E-state index in [9.17, 15) is 58.2 Å². The molecule has 4 aromatic carbocycles. The highest BCUT2D eigenvalue weighted by Crippen LogP contribution is 2.31. The zero-order valence-corrected chi connectivity index (χ0v) is 66.5. The number of ether oxygens (including phenoxy) is 1. The predicted molar refractivity (Wildman–Crippen MR) is 433 cm³/mol. The Morgan fingerprint density at radius 2 is 0.826 bits per heavy atom. The number of aliphatic hydroxyl groups is 2. The number of hydrogen-bond acceptors (Lipinski definition) is 17. The first-order valence-electron chi connectivity index (χ1n) is 38.6. The van der Waals surface area contributed by atoms with Crippen LogP contribution >= 0.6 is 22.7 Å². The van der Waals surface area contributed by atoms with Gasteiger partial charge in [0.15, 0.2) is 34.7 Å². The molecule has 6 N–H and O–H groups in total. The molecule has 2 heterocycles. The molecule has 109 heavy (non-hydrogen) atoms. The molecule has 10 atom stereocenters. The number of para-hydroxylation sites is 1. The van der Waals surface area contributed by atoms with Gasteiger partial charge in [-0.3, -0.25) is 47.9 Å². The molecule has 2 aromatic heterocycles. The van der Waals surface area contributed by atoms with Gasteiger partial charge >= 0.3 is 0 Å². The Bertz CT molecular complexity index is 3850. The predicted octanol–water partition coefficient (Wildman–Crippen LogP) is 13.8. The van der Waals surface area contributed by atoms with Crippen LogP contribution in [-0.2, 0) is 38.4 Å². The van der Waals surface area contributed by atoms with E-state index in [2.05, 4.69) is 70.6 Å². The standard InChI is InChI=1S/C44H57N3O7S.C44H57N3O6S/c1-6-10-19-39(49)38(29-48)45-43(52)33(16-14-15-25-47(8-3)9-4)27-41(51)42(31(5)7-2)46-44(53)37(34-24-26-55-30-34)28-40(50)32-20-22-36(23-21-32)54-35-17-12-11-13-18-35;1-6-10-19-39(49)38(29-48)45-43(52)35(18-14-15-25-47(8-3)9-4)27-41(51)42(31(5)7-2)46-44(53)37(36-24-26-54-30-36)28-40(50)34-22-20-33(21-23-34)32-16-12-11-13-17-32/h1,11-13,17-18,20-24,26,30-31,33,37-38,42,48H,7-10,14-16,19,25,27-29H2,2-5H3,(H,45,52)(H,46,53);1,11-13,16-17,20-24,26,30-31,35,37-38,42,48H,7-10,14-15,18-19,25,27-29H2,2-5H3,(H,45,52)(H,46,53)/t31-,33+,37-,38-,42?;31-,35+,37-,38-,42?/m00/s1. The van der Waals surface area contributed by atoms with Crippen LogP contribution in [-0.4, -0.2) is 155 Å². The van der Waals surface area contributed by atoms with Crippen LogP contribution in [0.1, 0.15) is 202 Å². The van der Waals surface area contributed by atoms with Crippen molar-refractivity contribution >= 4 is 81.0 Å². The zero-order valence-electron chi connectivity index (χ0n) is 64.9. The lowest BCUT2D eigenvalue weighted by Gasteiger charge is -2.28. The number of thiophene rings is 2. The number of rotatable bonds is 51. The molecule has 4 amide bonds. The number of ketones is 6. The minimum absolute atomic E-state index is 0.0133. The van der Waals surface area contributed by atoms with Gasteiger partial charge in [0.1, 0.15) is 23.6 Å². The number of carbonyl (C=O) groups is 10. The van der Waals surface area contributed by atoms with Gasteiger partial charge in [-0.25, -0.2) is 0 Å². The highest BCUT2D eigenvalue weighted by atomic mass is 32.1. The molecule has 0 aliphatic heterocycles. The van der Waals surface area contributed by atoms with E-state index in [4.69, 9.17) is 17.6 Å². The number of hydrogen-bond donors (Lipinski definition) is 6. The van der Waals surface area contributed by atoms with Gasteiger partial charge < -0.3 is 46.0 Å². The third-order valence-corrected chi connectivity index (χ3v) is 21.7. The molecule has 6 rings (SSSR count). The summed E-state index contributed by atoms with van der Waals surface area (Å²) in [5.41, 5.74) is 4.30. The van der Waals surface area contributed by atoms with Crippen LogP contribution < -0.4 is 26.0 Å². The molecule has 2 unspecified atom stereocenters. The number of carbonyl (C=O) groups excluding carboxylic acids is 10. The maximum Gasteiger partial charge on any atom is 0.228 e. The van der Waals surface area contributed by atoms with Gasteiger partial charge in [-0.2, -0.15) is 22.7 Å². The van der Waals surface area contributed by atoms with Gasteiger partial charge in [0.2, 0.25) is 23.6 Å². The van der Waals surface area contributed by atoms with Crippen LogP contribution in [0.3, 0.4) is 0 Å². The van der Waals surface area contributed by atoms with Gasteiger partial charge in [0.25, 0.3) is 0 Å². The van der Waals surface area contributed by atoms with E-state index in [0.29, 0.717) is 72.3 Å². The molecular formula is C88H114N6O13S2. The highest BCUT2D eigenvalue weighted by Gasteiger charge is 2.37. The van der Waals surface area contributed by atoms with Crippen molar-refractivity contribution in [2.75, 3.05) is 52.5 Å². The van der Waals surface area contributed by atoms with E-state index in [-0.39, 0.29) is 97.9 Å². The van der Waals surface area contributed by atoms with Crippen molar-refractivity contribution in [1.29, 1.82) is 0 Å². The summed E-state index contributed by atoms with van der Waals surface area (Å²) in [6.45, 7) is 20.1. The van der Waals surface area contributed by atoms with Crippen LogP contribution in [0.2, 0.25) is 0 Å². The summed E-state index contributed by atoms with van der Waals surface area (Å²) in [6, 6.07) is 32.8. The molecule has 586 valence electrons. The summed E-state index contributed by atoms with van der Waals surface area (Å²) in [5.74, 6) is -1.38. The van der Waals surface area contributed by atoms with Crippen LogP contribution in [0.25, 0.3) is 11.1 Å². The van der Waals surface area contributed by atoms with E-state index in [1.807, 2.05) is 128 Å². The van der Waals surface area contributed by atoms with Crippen molar-refractivity contribution in [2.24, 2.45) is 23.7 Å². The van der Waals surface area contributed by atoms with Crippen molar-refractivity contribution in [3.8, 4) is 47.3 Å². The van der Waals surface area contributed by atoms with Crippen LogP contribution in [0, 0.1) is 48.4 Å². The molecule has 0 aliphatic carbocycles. The fourth-order valence-corrected chi connectivity index (χ4v) is 14.3. The van der Waals surface area contributed by atoms with Gasteiger partial charge in [-0.1, -0.05) is 154 Å². The number of Topliss-reactive ketones (excluding diaryl/α,β-unsaturated/α-hetero) is 6. The molecule has 0 aliphatic rings. The largest absolute Gasteiger partial charge is 0.457 e. The molecule has 0 saturated carbocycles. The van der Waals surface area contributed by atoms with E-state index >= 15 is 0 Å². The zero-order chi connectivity index (χ0) is 79.6. The lowest BCUT2D eigenvalue weighted by molar-refractivity contribution is -0.135. The second-order valence-corrected chi connectivity index (χ2v) is 29.3. The number of unbranched alkanes of at least 4 members (excludes halogenated alkanes) is 2. The van der Waals surface area contributed by atoms with E-state index in [1.165, 1.54) is 22.7 Å². The summed E-state index contributed by atoms with van der Waals surface area (Å²) in [4.78, 5) is 141. The van der Waals surface area contributed by atoms with Gasteiger partial charge in [-0.05, 0) is 169 Å². The first-order chi connectivity index (χ1) is 52.6. The summed E-state index contributed by atoms with van der Waals surface area (Å²) in [7, 11) is 0. The van der Waals surface area contributed by atoms with Crippen molar-refractivity contribution in [3.05, 3.63) is 165 Å². The Labute approximate surface area is 653 Å². The summed E-state index contributed by atoms with van der Waals surface area (Å²) < 4.78 is 5.86. The average Bonchev–Trinajstić information content (AvgIpc) is 1.82. The Morgan fingerprint density at radius 1 is 0.450 bits per heavy atom. The average molecular weight is 1530 g/mol. The van der Waals surface area contributed by atoms with Crippen molar-refractivity contribution < 1.29 is 62.9 Å². The molecule has 6 aromatic rings. The molecule has 19 nitrogen and oxygen atoms in total. The summed E-state index contributed by atoms with van der Waals surface area (Å²) in [5, 5.41) is 38.5. The smallest absolute Gasteiger partial charge is 0.228 e. The first-order valence-corrected chi connectivity index (χ1v) is 40.4. The Hall–Kier alpha value is -9.06. The SMILES string of the molecule is C#CCCC(=O)[C@H](CO)NC(=O)[C@H](CCCCN(CC)CC)CC(=O)C(NC(=O)[C@@H](CC(=O)c1ccc(-c2ccccc2)cc1)c1ccsc1)[C@@H](C)CC.C#CCCC(=O)[C@H](CO)NC(=O)[C@H](CCCCN(CC)CC)CC(=O)C(NC(=O)[C@@H](CC(=O)c1ccc(Oc2ccccc2)cc1)c1ccsc1)[C@@H](C)CC. The highest BCUT2D eigenvalue weighted by molar-refractivity contribution is 7.08. The van der Waals surface area contributed by atoms with Gasteiger partial charge in [0.05, 0.1) is 37.1 Å². The second kappa shape index (κ2) is 49.9. The Kier molecular flexibility index (Phi) is 41.4. The number of nitrogens with one attached hydrogen (secondary N) is 4. The van der Waals surface area contributed by atoms with Crippen molar-refractivity contribution in [2.45, 2.75) is 194 Å². The number of aliphatic hydroxyl groups excluding tert-OH is 2. The van der Waals surface area contributed by atoms with Crippen LogP contribution in [0.4, 0.5) is 0 Å². The molecule has 0 spiro atoms. The maximum absolute atomic E-state index is 14.2. The molecule has 0 bridgehead atoms. The maximum atomic E-state index is 14.2. The normalized spacial score (nSPS) is 13.9. The fourth-order valence-electron chi connectivity index (χ4n) is 12.8. The summed E-state index contributed by atoms with van der Waals surface area (Å²) in [6.07, 6.45) is 15.4. The minimum Gasteiger partial charge on any atom is -0.457 e. The fraction of sp³-hybridized carbons (Fsp3) is 0.477. The number of amides is 4. The Morgan fingerprint density at radius 3 is 1.18 bits per heavy atom. The molecule has 0 fully saturated rings. The first kappa shape index (κ1) is 90.6. The van der Waals surface area contributed by atoms with Crippen LogP contribution in [0.15, 0.2) is 143 Å².